The Labute approximate surface area is 147 Å². The molecular weight excluding hydrogens is 316 g/mol. The number of carbonyl (C=O) groups is 2. The molecule has 1 aliphatic heterocycles. The number of hydrogen-bond acceptors (Lipinski definition) is 3. The van der Waals surface area contributed by atoms with E-state index in [1.165, 1.54) is 6.92 Å². The minimum atomic E-state index is -0.156. The highest BCUT2D eigenvalue weighted by molar-refractivity contribution is 5.95. The number of aryl methyl sites for hydroxylation is 2. The first-order valence-corrected chi connectivity index (χ1v) is 8.34. The molecule has 25 heavy (non-hydrogen) atoms. The van der Waals surface area contributed by atoms with Crippen LogP contribution in [-0.2, 0) is 0 Å². The zero-order valence-corrected chi connectivity index (χ0v) is 14.7. The first kappa shape index (κ1) is 17.0. The Morgan fingerprint density at radius 3 is 2.20 bits per heavy atom. The van der Waals surface area contributed by atoms with E-state index < -0.39 is 0 Å². The number of hydrogen-bond donors (Lipinski definition) is 1. The molecule has 2 aromatic rings. The lowest BCUT2D eigenvalue weighted by Gasteiger charge is -2.39. The molecule has 5 heteroatoms. The van der Waals surface area contributed by atoms with E-state index in [0.717, 1.165) is 16.9 Å². The Hall–Kier alpha value is -2.82. The van der Waals surface area contributed by atoms with Crippen LogP contribution < -0.4 is 10.1 Å². The van der Waals surface area contributed by atoms with E-state index in [1.54, 1.807) is 29.2 Å². The van der Waals surface area contributed by atoms with Gasteiger partial charge in [-0.3, -0.25) is 4.79 Å². The van der Waals surface area contributed by atoms with Gasteiger partial charge in [-0.15, -0.1) is 0 Å². The van der Waals surface area contributed by atoms with Gasteiger partial charge in [0, 0.05) is 11.3 Å². The molecule has 5 nitrogen and oxygen atoms in total. The Morgan fingerprint density at radius 2 is 1.64 bits per heavy atom. The van der Waals surface area contributed by atoms with Crippen molar-refractivity contribution >= 4 is 17.5 Å². The number of anilines is 1. The second-order valence-electron chi connectivity index (χ2n) is 6.43. The topological polar surface area (TPSA) is 58.6 Å². The first-order valence-electron chi connectivity index (χ1n) is 8.34. The summed E-state index contributed by atoms with van der Waals surface area (Å²) in [6.07, 6.45) is 0.0191. The van der Waals surface area contributed by atoms with Crippen molar-refractivity contribution in [1.82, 2.24) is 4.90 Å². The van der Waals surface area contributed by atoms with E-state index in [9.17, 15) is 9.59 Å². The minimum absolute atomic E-state index is 0.00658. The molecule has 0 unspecified atom stereocenters. The van der Waals surface area contributed by atoms with Crippen LogP contribution in [0.4, 0.5) is 10.5 Å². The highest BCUT2D eigenvalue weighted by atomic mass is 16.5. The predicted molar refractivity (Wildman–Crippen MR) is 97.4 cm³/mol. The number of nitrogens with zero attached hydrogens (tertiary/aromatic N) is 1. The number of likely N-dealkylation sites (tertiary alicyclic amines) is 1. The molecular formula is C20H22N2O3. The molecule has 1 fully saturated rings. The van der Waals surface area contributed by atoms with Gasteiger partial charge in [0.05, 0.1) is 13.1 Å². The summed E-state index contributed by atoms with van der Waals surface area (Å²) in [7, 11) is 0. The van der Waals surface area contributed by atoms with Crippen LogP contribution in [0.1, 0.15) is 28.4 Å². The fourth-order valence-electron chi connectivity index (χ4n) is 2.82. The van der Waals surface area contributed by atoms with Gasteiger partial charge < -0.3 is 15.0 Å². The normalized spacial score (nSPS) is 14.0. The molecule has 1 N–H and O–H groups in total. The number of benzene rings is 2. The van der Waals surface area contributed by atoms with E-state index in [2.05, 4.69) is 5.32 Å². The molecule has 130 valence electrons. The van der Waals surface area contributed by atoms with Gasteiger partial charge >= 0.3 is 6.03 Å². The van der Waals surface area contributed by atoms with Crippen molar-refractivity contribution < 1.29 is 14.3 Å². The maximum Gasteiger partial charge on any atom is 0.322 e. The van der Waals surface area contributed by atoms with E-state index in [4.69, 9.17) is 4.74 Å². The van der Waals surface area contributed by atoms with Crippen molar-refractivity contribution in [3.63, 3.8) is 0 Å². The van der Waals surface area contributed by atoms with E-state index in [0.29, 0.717) is 24.3 Å². The summed E-state index contributed by atoms with van der Waals surface area (Å²) in [6, 6.07) is 12.8. The van der Waals surface area contributed by atoms with E-state index in [-0.39, 0.29) is 17.9 Å². The Kier molecular flexibility index (Phi) is 4.74. The second kappa shape index (κ2) is 6.97. The van der Waals surface area contributed by atoms with Gasteiger partial charge in [0.2, 0.25) is 0 Å². The molecule has 0 bridgehead atoms. The Morgan fingerprint density at radius 1 is 1.04 bits per heavy atom. The molecule has 0 spiro atoms. The lowest BCUT2D eigenvalue weighted by atomic mass is 10.1. The number of rotatable bonds is 4. The predicted octanol–water partition coefficient (Wildman–Crippen LogP) is 3.80. The molecule has 0 aliphatic carbocycles. The molecule has 2 aromatic carbocycles. The molecule has 2 amide bonds. The van der Waals surface area contributed by atoms with Gasteiger partial charge in [-0.25, -0.2) is 4.79 Å². The number of ketones is 1. The summed E-state index contributed by atoms with van der Waals surface area (Å²) in [5, 5.41) is 2.84. The van der Waals surface area contributed by atoms with Crippen LogP contribution in [-0.4, -0.2) is 35.9 Å². The van der Waals surface area contributed by atoms with Gasteiger partial charge in [0.1, 0.15) is 11.9 Å². The number of amides is 2. The summed E-state index contributed by atoms with van der Waals surface area (Å²) < 4.78 is 6.03. The van der Waals surface area contributed by atoms with Gasteiger partial charge in [0.15, 0.2) is 5.78 Å². The maximum atomic E-state index is 12.2. The largest absolute Gasteiger partial charge is 0.486 e. The summed E-state index contributed by atoms with van der Waals surface area (Å²) in [6.45, 7) is 6.69. The Bertz CT molecular complexity index is 773. The molecule has 1 heterocycles. The molecule has 1 saturated heterocycles. The lowest BCUT2D eigenvalue weighted by Crippen LogP contribution is -2.57. The van der Waals surface area contributed by atoms with Crippen molar-refractivity contribution in [2.45, 2.75) is 26.9 Å². The maximum absolute atomic E-state index is 12.2. The first-order chi connectivity index (χ1) is 11.9. The highest BCUT2D eigenvalue weighted by Crippen LogP contribution is 2.26. The average Bonchev–Trinajstić information content (AvgIpc) is 2.53. The number of Topliss-reactive ketones (excluding diaryl/α,β-unsaturated/α-hetero) is 1. The lowest BCUT2D eigenvalue weighted by molar-refractivity contribution is 0.0483. The van der Waals surface area contributed by atoms with Crippen LogP contribution in [0.25, 0.3) is 0 Å². The SMILES string of the molecule is CC(=O)c1ccc(NC(=O)N2CC(Oc3c(C)cccc3C)C2)cc1. The van der Waals surface area contributed by atoms with Crippen molar-refractivity contribution in [2.24, 2.45) is 0 Å². The van der Waals surface area contributed by atoms with Gasteiger partial charge in [-0.1, -0.05) is 18.2 Å². The molecule has 0 saturated carbocycles. The van der Waals surface area contributed by atoms with Crippen molar-refractivity contribution in [2.75, 3.05) is 18.4 Å². The minimum Gasteiger partial charge on any atom is -0.486 e. The second-order valence-corrected chi connectivity index (χ2v) is 6.43. The molecule has 0 radical (unpaired) electrons. The number of nitrogens with one attached hydrogen (secondary N) is 1. The standard InChI is InChI=1S/C20H22N2O3/c1-13-5-4-6-14(2)19(13)25-18-11-22(12-18)20(24)21-17-9-7-16(8-10-17)15(3)23/h4-10,18H,11-12H2,1-3H3,(H,21,24). The quantitative estimate of drug-likeness (QED) is 0.863. The van der Waals surface area contributed by atoms with Gasteiger partial charge in [0.25, 0.3) is 0 Å². The molecule has 0 atom stereocenters. The third-order valence-electron chi connectivity index (χ3n) is 4.37. The number of ether oxygens (including phenoxy) is 1. The van der Waals surface area contributed by atoms with Crippen LogP contribution >= 0.6 is 0 Å². The average molecular weight is 338 g/mol. The molecule has 0 aromatic heterocycles. The summed E-state index contributed by atoms with van der Waals surface area (Å²) in [4.78, 5) is 25.2. The van der Waals surface area contributed by atoms with Crippen LogP contribution in [0.2, 0.25) is 0 Å². The monoisotopic (exact) mass is 338 g/mol. The van der Waals surface area contributed by atoms with E-state index >= 15 is 0 Å². The molecule has 1 aliphatic rings. The Balaban J connectivity index is 1.52. The summed E-state index contributed by atoms with van der Waals surface area (Å²) in [5.41, 5.74) is 3.51. The van der Waals surface area contributed by atoms with Crippen LogP contribution in [0, 0.1) is 13.8 Å². The van der Waals surface area contributed by atoms with Crippen molar-refractivity contribution in [3.8, 4) is 5.75 Å². The fourth-order valence-corrected chi connectivity index (χ4v) is 2.82. The fraction of sp³-hybridized carbons (Fsp3) is 0.300. The zero-order valence-electron chi connectivity index (χ0n) is 14.7. The summed E-state index contributed by atoms with van der Waals surface area (Å²) in [5.74, 6) is 0.916. The molecule has 3 rings (SSSR count). The smallest absolute Gasteiger partial charge is 0.322 e. The third kappa shape index (κ3) is 3.82. The van der Waals surface area contributed by atoms with Crippen LogP contribution in [0.3, 0.4) is 0 Å². The van der Waals surface area contributed by atoms with Gasteiger partial charge in [-0.2, -0.15) is 0 Å². The van der Waals surface area contributed by atoms with Gasteiger partial charge in [-0.05, 0) is 56.2 Å². The van der Waals surface area contributed by atoms with Crippen LogP contribution in [0.15, 0.2) is 42.5 Å². The van der Waals surface area contributed by atoms with Crippen LogP contribution in [0.5, 0.6) is 5.75 Å². The number of para-hydroxylation sites is 1. The van der Waals surface area contributed by atoms with Crippen molar-refractivity contribution in [1.29, 1.82) is 0 Å². The van der Waals surface area contributed by atoms with Crippen molar-refractivity contribution in [3.05, 3.63) is 59.2 Å². The summed E-state index contributed by atoms with van der Waals surface area (Å²) >= 11 is 0. The highest BCUT2D eigenvalue weighted by Gasteiger charge is 2.32. The zero-order chi connectivity index (χ0) is 18.0. The number of urea groups is 1. The third-order valence-corrected chi connectivity index (χ3v) is 4.37. The number of carbonyl (C=O) groups excluding carboxylic acids is 2. The van der Waals surface area contributed by atoms with E-state index in [1.807, 2.05) is 32.0 Å².